The van der Waals surface area contributed by atoms with Gasteiger partial charge in [0.25, 0.3) is 0 Å². The first kappa shape index (κ1) is 12.8. The Kier molecular flexibility index (Phi) is 3.01. The second-order valence-corrected chi connectivity index (χ2v) is 5.45. The largest absolute Gasteiger partial charge is 0.294 e. The minimum absolute atomic E-state index is 0.995. The standard InChI is InChI=1S/C20H16N2/c1-15-7-4-9-16(10-5-8-15)22-19-13-3-2-11-17(19)18-12-6-14-21-20(18)22/h2-14H,1H3/b7-4?,8-5?,9-4-,10-5?,15-7?,15-8?,16-9?,16-10+. The highest BCUT2D eigenvalue weighted by Gasteiger charge is 2.12. The lowest BCUT2D eigenvalue weighted by molar-refractivity contribution is 1.18. The number of rotatable bonds is 1. The summed E-state index contributed by atoms with van der Waals surface area (Å²) in [6.45, 7) is 2.10. The van der Waals surface area contributed by atoms with E-state index in [4.69, 9.17) is 0 Å². The van der Waals surface area contributed by atoms with E-state index in [1.165, 1.54) is 21.9 Å². The van der Waals surface area contributed by atoms with Crippen LogP contribution in [0.1, 0.15) is 6.92 Å². The number of aromatic nitrogens is 2. The van der Waals surface area contributed by atoms with Crippen molar-refractivity contribution in [1.29, 1.82) is 0 Å². The summed E-state index contributed by atoms with van der Waals surface area (Å²) in [7, 11) is 0. The van der Waals surface area contributed by atoms with Gasteiger partial charge in [0.2, 0.25) is 0 Å². The first-order valence-corrected chi connectivity index (χ1v) is 7.42. The number of fused-ring (bicyclic) bond motifs is 3. The van der Waals surface area contributed by atoms with Crippen molar-refractivity contribution in [2.24, 2.45) is 0 Å². The molecule has 2 aromatic heterocycles. The Morgan fingerprint density at radius 3 is 2.64 bits per heavy atom. The van der Waals surface area contributed by atoms with E-state index in [2.05, 4.69) is 83.3 Å². The number of nitrogens with zero attached hydrogens (tertiary/aromatic N) is 2. The fraction of sp³-hybridized carbons (Fsp3) is 0.0500. The smallest absolute Gasteiger partial charge is 0.145 e. The predicted molar refractivity (Wildman–Crippen MR) is 93.5 cm³/mol. The Morgan fingerprint density at radius 2 is 1.68 bits per heavy atom. The molecule has 2 nitrogen and oxygen atoms in total. The molecule has 0 saturated heterocycles. The van der Waals surface area contributed by atoms with Crippen molar-refractivity contribution in [3.05, 3.63) is 84.6 Å². The molecule has 0 atom stereocenters. The van der Waals surface area contributed by atoms with Gasteiger partial charge in [-0.05, 0) is 37.3 Å². The van der Waals surface area contributed by atoms with Crippen molar-refractivity contribution in [3.63, 3.8) is 0 Å². The molecule has 0 bridgehead atoms. The molecule has 0 radical (unpaired) electrons. The maximum Gasteiger partial charge on any atom is 0.145 e. The Labute approximate surface area is 129 Å². The van der Waals surface area contributed by atoms with Crippen molar-refractivity contribution in [2.45, 2.75) is 6.92 Å². The number of allylic oxidation sites excluding steroid dienone is 8. The number of para-hydroxylation sites is 1. The molecule has 106 valence electrons. The van der Waals surface area contributed by atoms with Gasteiger partial charge in [-0.25, -0.2) is 4.98 Å². The zero-order valence-corrected chi connectivity index (χ0v) is 12.4. The lowest BCUT2D eigenvalue weighted by atomic mass is 10.2. The summed E-state index contributed by atoms with van der Waals surface area (Å²) >= 11 is 0. The lowest BCUT2D eigenvalue weighted by Crippen LogP contribution is -1.96. The lowest BCUT2D eigenvalue weighted by Gasteiger charge is -2.08. The molecule has 0 aliphatic heterocycles. The zero-order chi connectivity index (χ0) is 14.9. The molecule has 3 aromatic rings. The van der Waals surface area contributed by atoms with Crippen LogP contribution in [0.25, 0.3) is 27.6 Å². The summed E-state index contributed by atoms with van der Waals surface area (Å²) in [5, 5.41) is 2.42. The SMILES string of the molecule is CC1=C/C=C\C(n2c3ccccc3c3cccnc32)=C/C=C1. The minimum atomic E-state index is 0.995. The van der Waals surface area contributed by atoms with Crippen molar-refractivity contribution in [3.8, 4) is 0 Å². The second kappa shape index (κ2) is 5.15. The van der Waals surface area contributed by atoms with Gasteiger partial charge in [-0.15, -0.1) is 0 Å². The van der Waals surface area contributed by atoms with E-state index in [-0.39, 0.29) is 0 Å². The summed E-state index contributed by atoms with van der Waals surface area (Å²) < 4.78 is 2.22. The molecule has 1 aliphatic carbocycles. The quantitative estimate of drug-likeness (QED) is 0.607. The summed E-state index contributed by atoms with van der Waals surface area (Å²) in [6.07, 6.45) is 14.5. The molecule has 4 rings (SSSR count). The van der Waals surface area contributed by atoms with Crippen molar-refractivity contribution in [2.75, 3.05) is 0 Å². The van der Waals surface area contributed by atoms with Gasteiger partial charge in [0.1, 0.15) is 5.65 Å². The van der Waals surface area contributed by atoms with Crippen LogP contribution in [0.3, 0.4) is 0 Å². The third-order valence-corrected chi connectivity index (χ3v) is 3.94. The van der Waals surface area contributed by atoms with Crippen LogP contribution in [0, 0.1) is 0 Å². The molecule has 0 fully saturated rings. The molecule has 0 saturated carbocycles. The van der Waals surface area contributed by atoms with Gasteiger partial charge in [0, 0.05) is 22.7 Å². The predicted octanol–water partition coefficient (Wildman–Crippen LogP) is 5.10. The van der Waals surface area contributed by atoms with Crippen LogP contribution in [0.4, 0.5) is 0 Å². The van der Waals surface area contributed by atoms with E-state index in [1.807, 2.05) is 12.3 Å². The number of hydrogen-bond donors (Lipinski definition) is 0. The third-order valence-electron chi connectivity index (χ3n) is 3.94. The van der Waals surface area contributed by atoms with E-state index in [1.54, 1.807) is 0 Å². The van der Waals surface area contributed by atoms with Crippen LogP contribution in [0.15, 0.2) is 84.6 Å². The molecule has 0 unspecified atom stereocenters. The van der Waals surface area contributed by atoms with E-state index >= 15 is 0 Å². The van der Waals surface area contributed by atoms with Crippen LogP contribution in [0.5, 0.6) is 0 Å². The normalized spacial score (nSPS) is 18.6. The van der Waals surface area contributed by atoms with E-state index in [0.29, 0.717) is 0 Å². The second-order valence-electron chi connectivity index (χ2n) is 5.45. The van der Waals surface area contributed by atoms with E-state index < -0.39 is 0 Å². The Morgan fingerprint density at radius 1 is 0.864 bits per heavy atom. The van der Waals surface area contributed by atoms with Gasteiger partial charge >= 0.3 is 0 Å². The first-order chi connectivity index (χ1) is 10.8. The minimum Gasteiger partial charge on any atom is -0.294 e. The van der Waals surface area contributed by atoms with Crippen LogP contribution in [-0.2, 0) is 0 Å². The summed E-state index contributed by atoms with van der Waals surface area (Å²) in [5.41, 5.74) is 4.54. The fourth-order valence-corrected chi connectivity index (χ4v) is 2.91. The monoisotopic (exact) mass is 284 g/mol. The number of pyridine rings is 1. The van der Waals surface area contributed by atoms with Gasteiger partial charge in [0.15, 0.2) is 0 Å². The van der Waals surface area contributed by atoms with Crippen LogP contribution < -0.4 is 0 Å². The molecular formula is C20H16N2. The van der Waals surface area contributed by atoms with Gasteiger partial charge in [-0.2, -0.15) is 0 Å². The van der Waals surface area contributed by atoms with Crippen LogP contribution >= 0.6 is 0 Å². The first-order valence-electron chi connectivity index (χ1n) is 7.42. The molecular weight excluding hydrogens is 268 g/mol. The number of benzene rings is 1. The molecule has 2 heteroatoms. The maximum atomic E-state index is 4.61. The topological polar surface area (TPSA) is 17.8 Å². The van der Waals surface area contributed by atoms with Gasteiger partial charge in [-0.3, -0.25) is 4.57 Å². The van der Waals surface area contributed by atoms with E-state index in [9.17, 15) is 0 Å². The Bertz CT molecular complexity index is 928. The fourth-order valence-electron chi connectivity index (χ4n) is 2.91. The average molecular weight is 284 g/mol. The highest BCUT2D eigenvalue weighted by atomic mass is 15.0. The summed E-state index contributed by atoms with van der Waals surface area (Å²) in [5.74, 6) is 0. The van der Waals surface area contributed by atoms with Gasteiger partial charge in [-0.1, -0.05) is 48.1 Å². The number of hydrogen-bond acceptors (Lipinski definition) is 1. The van der Waals surface area contributed by atoms with Gasteiger partial charge in [0.05, 0.1) is 5.52 Å². The average Bonchev–Trinajstić information content (AvgIpc) is 2.86. The van der Waals surface area contributed by atoms with Crippen molar-refractivity contribution >= 4 is 27.6 Å². The van der Waals surface area contributed by atoms with Crippen LogP contribution in [0.2, 0.25) is 0 Å². The molecule has 0 amide bonds. The van der Waals surface area contributed by atoms with Crippen molar-refractivity contribution < 1.29 is 0 Å². The third kappa shape index (κ3) is 2.01. The molecule has 2 heterocycles. The highest BCUT2D eigenvalue weighted by Crippen LogP contribution is 2.30. The Balaban J connectivity index is 2.05. The molecule has 22 heavy (non-hydrogen) atoms. The van der Waals surface area contributed by atoms with Crippen LogP contribution in [-0.4, -0.2) is 9.55 Å². The van der Waals surface area contributed by atoms with E-state index in [0.717, 1.165) is 11.3 Å². The maximum absolute atomic E-state index is 4.61. The zero-order valence-electron chi connectivity index (χ0n) is 12.4. The molecule has 1 aliphatic rings. The molecule has 0 spiro atoms. The van der Waals surface area contributed by atoms with Crippen molar-refractivity contribution in [1.82, 2.24) is 9.55 Å². The summed E-state index contributed by atoms with van der Waals surface area (Å²) in [4.78, 5) is 4.61. The Hall–Kier alpha value is -2.87. The molecule has 1 aromatic carbocycles. The van der Waals surface area contributed by atoms with Gasteiger partial charge < -0.3 is 0 Å². The summed E-state index contributed by atoms with van der Waals surface area (Å²) in [6, 6.07) is 12.6. The highest BCUT2D eigenvalue weighted by molar-refractivity contribution is 6.09. The molecule has 0 N–H and O–H groups in total.